The standard InChI is InChI=1S/C21H25FN8O3S/c22-17-7-16(34(24,31)32)1-2-18(17)27-20-25-8-15(9-26-20)14-5-13(6-14)11-33-19-10-30(29-28-19)21(12-23)3-4-21/h1-2,7-10,13-14H,3-6,11-12,23H2,(H2,24,31,32)(H,25,26,27). The van der Waals surface area contributed by atoms with E-state index in [9.17, 15) is 12.8 Å². The van der Waals surface area contributed by atoms with Crippen molar-refractivity contribution >= 4 is 21.7 Å². The Morgan fingerprint density at radius 1 is 1.24 bits per heavy atom. The Labute approximate surface area is 195 Å². The molecule has 13 heteroatoms. The SMILES string of the molecule is NCC1(n2cc(OCC3CC(c4cnc(Nc5ccc(S(N)(=O)=O)cc5F)nc4)C3)nn2)CC1. The molecule has 2 aromatic heterocycles. The summed E-state index contributed by atoms with van der Waals surface area (Å²) in [6, 6.07) is 3.35. The van der Waals surface area contributed by atoms with E-state index in [1.54, 1.807) is 12.4 Å². The number of aromatic nitrogens is 5. The Kier molecular flexibility index (Phi) is 5.70. The summed E-state index contributed by atoms with van der Waals surface area (Å²) in [7, 11) is -3.98. The number of hydrogen-bond donors (Lipinski definition) is 3. The van der Waals surface area contributed by atoms with Crippen LogP contribution in [0.5, 0.6) is 5.88 Å². The molecule has 1 aromatic carbocycles. The number of nitrogens with one attached hydrogen (secondary N) is 1. The van der Waals surface area contributed by atoms with Crippen LogP contribution in [0.15, 0.2) is 41.7 Å². The maximum absolute atomic E-state index is 14.2. The molecule has 3 aromatic rings. The number of sulfonamides is 1. The van der Waals surface area contributed by atoms with Crippen LogP contribution in [0.1, 0.15) is 37.2 Å². The van der Waals surface area contributed by atoms with Crippen LogP contribution >= 0.6 is 0 Å². The largest absolute Gasteiger partial charge is 0.475 e. The van der Waals surface area contributed by atoms with Crippen LogP contribution in [-0.4, -0.2) is 46.5 Å². The highest BCUT2D eigenvalue weighted by atomic mass is 32.2. The van der Waals surface area contributed by atoms with Gasteiger partial charge in [0.1, 0.15) is 5.82 Å². The Morgan fingerprint density at radius 3 is 2.59 bits per heavy atom. The molecule has 0 unspecified atom stereocenters. The molecule has 5 rings (SSSR count). The van der Waals surface area contributed by atoms with E-state index in [2.05, 4.69) is 25.6 Å². The van der Waals surface area contributed by atoms with Gasteiger partial charge in [-0.3, -0.25) is 0 Å². The summed E-state index contributed by atoms with van der Waals surface area (Å²) in [6.07, 6.45) is 9.17. The molecule has 2 saturated carbocycles. The van der Waals surface area contributed by atoms with Crippen LogP contribution in [0.25, 0.3) is 0 Å². The Balaban J connectivity index is 1.11. The van der Waals surface area contributed by atoms with Crippen LogP contribution in [0.2, 0.25) is 0 Å². The molecule has 2 aliphatic rings. The highest BCUT2D eigenvalue weighted by Gasteiger charge is 2.44. The zero-order chi connectivity index (χ0) is 23.9. The molecule has 34 heavy (non-hydrogen) atoms. The average Bonchev–Trinajstić information content (AvgIpc) is 3.44. The van der Waals surface area contributed by atoms with Crippen molar-refractivity contribution in [1.82, 2.24) is 25.0 Å². The van der Waals surface area contributed by atoms with Gasteiger partial charge in [-0.1, -0.05) is 10.3 Å². The minimum absolute atomic E-state index is 0.0528. The Bertz CT molecular complexity index is 1290. The smallest absolute Gasteiger partial charge is 0.253 e. The topological polar surface area (TPSA) is 164 Å². The van der Waals surface area contributed by atoms with Crippen molar-refractivity contribution in [2.24, 2.45) is 16.8 Å². The van der Waals surface area contributed by atoms with E-state index >= 15 is 0 Å². The number of ether oxygens (including phenoxy) is 1. The van der Waals surface area contributed by atoms with Gasteiger partial charge in [-0.25, -0.2) is 32.6 Å². The van der Waals surface area contributed by atoms with Gasteiger partial charge in [-0.2, -0.15) is 0 Å². The van der Waals surface area contributed by atoms with Crippen LogP contribution in [-0.2, 0) is 15.6 Å². The maximum Gasteiger partial charge on any atom is 0.253 e. The van der Waals surface area contributed by atoms with E-state index in [4.69, 9.17) is 15.6 Å². The monoisotopic (exact) mass is 488 g/mol. The molecule has 0 amide bonds. The van der Waals surface area contributed by atoms with Gasteiger partial charge in [-0.15, -0.1) is 0 Å². The quantitative estimate of drug-likeness (QED) is 0.406. The predicted molar refractivity (Wildman–Crippen MR) is 120 cm³/mol. The van der Waals surface area contributed by atoms with Crippen molar-refractivity contribution in [3.05, 3.63) is 48.2 Å². The van der Waals surface area contributed by atoms with Gasteiger partial charge in [0, 0.05) is 18.9 Å². The first-order valence-corrected chi connectivity index (χ1v) is 12.5. The van der Waals surface area contributed by atoms with Crippen molar-refractivity contribution in [1.29, 1.82) is 0 Å². The van der Waals surface area contributed by atoms with E-state index in [-0.39, 0.29) is 22.1 Å². The van der Waals surface area contributed by atoms with Gasteiger partial charge >= 0.3 is 0 Å². The molecular weight excluding hydrogens is 463 g/mol. The second-order valence-electron chi connectivity index (χ2n) is 8.93. The molecule has 0 atom stereocenters. The summed E-state index contributed by atoms with van der Waals surface area (Å²) in [5, 5.41) is 16.0. The second-order valence-corrected chi connectivity index (χ2v) is 10.5. The van der Waals surface area contributed by atoms with Crippen molar-refractivity contribution in [3.63, 3.8) is 0 Å². The van der Waals surface area contributed by atoms with E-state index < -0.39 is 15.8 Å². The third-order valence-electron chi connectivity index (χ3n) is 6.53. The Hall–Kier alpha value is -3.16. The lowest BCUT2D eigenvalue weighted by Gasteiger charge is -2.34. The average molecular weight is 489 g/mol. The molecule has 2 aliphatic carbocycles. The number of rotatable bonds is 9. The number of anilines is 2. The van der Waals surface area contributed by atoms with E-state index in [0.717, 1.165) is 37.3 Å². The minimum atomic E-state index is -3.98. The van der Waals surface area contributed by atoms with Crippen LogP contribution in [0.4, 0.5) is 16.0 Å². The lowest BCUT2D eigenvalue weighted by molar-refractivity contribution is 0.153. The zero-order valence-electron chi connectivity index (χ0n) is 18.3. The molecule has 0 spiro atoms. The zero-order valence-corrected chi connectivity index (χ0v) is 19.1. The molecule has 0 saturated heterocycles. The molecular formula is C21H25FN8O3S. The van der Waals surface area contributed by atoms with Crippen LogP contribution in [0.3, 0.4) is 0 Å². The molecule has 0 radical (unpaired) electrons. The number of hydrogen-bond acceptors (Lipinski definition) is 9. The first-order chi connectivity index (χ1) is 16.3. The molecule has 2 fully saturated rings. The fraction of sp³-hybridized carbons (Fsp3) is 0.429. The predicted octanol–water partition coefficient (Wildman–Crippen LogP) is 1.62. The summed E-state index contributed by atoms with van der Waals surface area (Å²) in [5.74, 6) is 0.696. The lowest BCUT2D eigenvalue weighted by atomic mass is 9.72. The minimum Gasteiger partial charge on any atom is -0.475 e. The Morgan fingerprint density at radius 2 is 1.97 bits per heavy atom. The summed E-state index contributed by atoms with van der Waals surface area (Å²) in [5.41, 5.74) is 6.80. The van der Waals surface area contributed by atoms with Crippen molar-refractivity contribution in [3.8, 4) is 5.88 Å². The van der Waals surface area contributed by atoms with Crippen molar-refractivity contribution < 1.29 is 17.5 Å². The molecule has 0 bridgehead atoms. The van der Waals surface area contributed by atoms with Gasteiger partial charge in [0.15, 0.2) is 0 Å². The molecule has 2 heterocycles. The highest BCUT2D eigenvalue weighted by Crippen LogP contribution is 2.43. The number of nitrogens with zero attached hydrogens (tertiary/aromatic N) is 5. The fourth-order valence-electron chi connectivity index (χ4n) is 4.07. The number of primary sulfonamides is 1. The van der Waals surface area contributed by atoms with E-state index in [1.165, 1.54) is 12.1 Å². The van der Waals surface area contributed by atoms with Gasteiger partial charge in [0.05, 0.1) is 28.9 Å². The molecule has 11 nitrogen and oxygen atoms in total. The second kappa shape index (κ2) is 8.56. The summed E-state index contributed by atoms with van der Waals surface area (Å²) >= 11 is 0. The van der Waals surface area contributed by atoms with E-state index in [0.29, 0.717) is 30.9 Å². The van der Waals surface area contributed by atoms with Gasteiger partial charge in [0.25, 0.3) is 5.88 Å². The summed E-state index contributed by atoms with van der Waals surface area (Å²) in [6.45, 7) is 1.12. The number of halogens is 1. The third kappa shape index (κ3) is 4.58. The first-order valence-electron chi connectivity index (χ1n) is 10.9. The number of benzene rings is 1. The van der Waals surface area contributed by atoms with Crippen LogP contribution in [0, 0.1) is 11.7 Å². The van der Waals surface area contributed by atoms with Gasteiger partial charge in [-0.05, 0) is 61.3 Å². The fourth-order valence-corrected chi connectivity index (χ4v) is 4.60. The molecule has 5 N–H and O–H groups in total. The van der Waals surface area contributed by atoms with E-state index in [1.807, 2.05) is 10.9 Å². The third-order valence-corrected chi connectivity index (χ3v) is 7.44. The highest BCUT2D eigenvalue weighted by molar-refractivity contribution is 7.89. The number of nitrogens with two attached hydrogens (primary N) is 2. The summed E-state index contributed by atoms with van der Waals surface area (Å²) < 4.78 is 44.5. The van der Waals surface area contributed by atoms with Crippen molar-refractivity contribution in [2.75, 3.05) is 18.5 Å². The first kappa shape index (κ1) is 22.6. The molecule has 0 aliphatic heterocycles. The maximum atomic E-state index is 14.2. The summed E-state index contributed by atoms with van der Waals surface area (Å²) in [4.78, 5) is 8.20. The van der Waals surface area contributed by atoms with Gasteiger partial charge in [0.2, 0.25) is 16.0 Å². The lowest BCUT2D eigenvalue weighted by Crippen LogP contribution is -2.28. The van der Waals surface area contributed by atoms with Gasteiger partial charge < -0.3 is 15.8 Å². The molecule has 180 valence electrons. The van der Waals surface area contributed by atoms with Crippen LogP contribution < -0.4 is 20.9 Å². The normalized spacial score (nSPS) is 21.0. The van der Waals surface area contributed by atoms with Crippen molar-refractivity contribution in [2.45, 2.75) is 42.0 Å².